The number of pyridine rings is 1. The van der Waals surface area contributed by atoms with Gasteiger partial charge in [0.1, 0.15) is 41.4 Å². The van der Waals surface area contributed by atoms with Gasteiger partial charge in [-0.3, -0.25) is 19.4 Å². The summed E-state index contributed by atoms with van der Waals surface area (Å²) in [5, 5.41) is 16.7. The maximum atomic E-state index is 17.1. The Kier molecular flexibility index (Phi) is 8.64. The number of hydrogen-bond acceptors (Lipinski definition) is 9. The smallest absolute Gasteiger partial charge is 0.319 e. The van der Waals surface area contributed by atoms with Crippen molar-refractivity contribution < 1.29 is 27.8 Å². The van der Waals surface area contributed by atoms with E-state index in [0.717, 1.165) is 19.4 Å². The molecule has 1 N–H and O–H groups in total. The molecule has 52 heavy (non-hydrogen) atoms. The predicted molar refractivity (Wildman–Crippen MR) is 191 cm³/mol. The van der Waals surface area contributed by atoms with Crippen LogP contribution < -0.4 is 9.64 Å². The molecule has 3 aromatic heterocycles. The van der Waals surface area contributed by atoms with Gasteiger partial charge in [-0.05, 0) is 66.8 Å². The topological polar surface area (TPSA) is 113 Å². The van der Waals surface area contributed by atoms with Crippen molar-refractivity contribution in [3.05, 3.63) is 64.1 Å². The molecule has 0 bridgehead atoms. The number of phenolic OH excluding ortho intramolecular Hbond substituents is 1. The van der Waals surface area contributed by atoms with E-state index in [0.29, 0.717) is 72.1 Å². The van der Waals surface area contributed by atoms with Crippen molar-refractivity contribution in [1.29, 1.82) is 0 Å². The van der Waals surface area contributed by atoms with Crippen molar-refractivity contribution in [2.75, 3.05) is 45.2 Å². The van der Waals surface area contributed by atoms with Gasteiger partial charge < -0.3 is 19.6 Å². The Morgan fingerprint density at radius 1 is 1.15 bits per heavy atom. The second-order valence-electron chi connectivity index (χ2n) is 14.2. The molecule has 11 nitrogen and oxygen atoms in total. The molecular formula is C37H38ClF3N8O3. The Hall–Kier alpha value is -4.69. The van der Waals surface area contributed by atoms with Crippen LogP contribution in [0.15, 0.2) is 30.5 Å². The minimum absolute atomic E-state index is 0.0844. The first-order valence-corrected chi connectivity index (χ1v) is 17.9. The van der Waals surface area contributed by atoms with Gasteiger partial charge in [-0.1, -0.05) is 24.6 Å². The fourth-order valence-electron chi connectivity index (χ4n) is 8.21. The average molecular weight is 735 g/mol. The van der Waals surface area contributed by atoms with Crippen LogP contribution in [0.4, 0.5) is 19.0 Å². The standard InChI is InChI=1S/C37H38ClF3N8O3/c1-4-23-26(40)8-7-20-13-22(50)14-24(28(20)23)31-30(41)32-25(16-42-31)34(44-36(43-32)52-19-37-9-5-11-48(37)17-21(39)15-37)47-10-6-12-49-27(18-47)29(38)33(45-49)35(51)46(2)3/h7-8,13-14,16,21,50H,4-6,9-12,15,17-19H2,1-3H3/t21-,37+/m1/s1. The molecule has 3 aliphatic heterocycles. The number of halogens is 4. The Morgan fingerprint density at radius 2 is 1.98 bits per heavy atom. The number of benzene rings is 2. The molecule has 272 valence electrons. The van der Waals surface area contributed by atoms with Gasteiger partial charge in [0.25, 0.3) is 5.91 Å². The fraction of sp³-hybridized carbons (Fsp3) is 0.432. The summed E-state index contributed by atoms with van der Waals surface area (Å²) in [4.78, 5) is 32.3. The Balaban J connectivity index is 1.28. The number of ether oxygens (including phenoxy) is 1. The molecule has 0 radical (unpaired) electrons. The lowest BCUT2D eigenvalue weighted by Crippen LogP contribution is -2.43. The maximum absolute atomic E-state index is 17.1. The number of nitrogens with zero attached hydrogens (tertiary/aromatic N) is 8. The average Bonchev–Trinajstić information content (AvgIpc) is 3.69. The summed E-state index contributed by atoms with van der Waals surface area (Å²) in [5.41, 5.74) is 0.625. The van der Waals surface area contributed by atoms with Crippen molar-refractivity contribution in [3.63, 3.8) is 0 Å². The lowest BCUT2D eigenvalue weighted by molar-refractivity contribution is 0.0821. The van der Waals surface area contributed by atoms with Crippen molar-refractivity contribution in [1.82, 2.24) is 34.5 Å². The fourth-order valence-corrected chi connectivity index (χ4v) is 8.48. The summed E-state index contributed by atoms with van der Waals surface area (Å²) in [5.74, 6) is -1.36. The number of rotatable bonds is 7. The SMILES string of the molecule is CCc1c(F)ccc2cc(O)cc(-c3ncc4c(N5CCCn6nc(C(=O)N(C)C)c(Cl)c6C5)nc(OC[C@@]56CCCN5C[C@H](F)C6)nc4c3F)c12. The van der Waals surface area contributed by atoms with Gasteiger partial charge in [-0.2, -0.15) is 15.1 Å². The quantitative estimate of drug-likeness (QED) is 0.206. The molecule has 8 rings (SSSR count). The first-order chi connectivity index (χ1) is 25.0. The highest BCUT2D eigenvalue weighted by atomic mass is 35.5. The monoisotopic (exact) mass is 734 g/mol. The van der Waals surface area contributed by atoms with E-state index in [2.05, 4.69) is 20.0 Å². The molecule has 2 saturated heterocycles. The van der Waals surface area contributed by atoms with Crippen LogP contribution in [0.1, 0.15) is 54.4 Å². The zero-order chi connectivity index (χ0) is 36.5. The van der Waals surface area contributed by atoms with Crippen molar-refractivity contribution in [3.8, 4) is 23.0 Å². The first kappa shape index (κ1) is 34.4. The van der Waals surface area contributed by atoms with Crippen molar-refractivity contribution >= 4 is 45.0 Å². The third-order valence-corrected chi connectivity index (χ3v) is 11.1. The maximum Gasteiger partial charge on any atom is 0.319 e. The summed E-state index contributed by atoms with van der Waals surface area (Å²) < 4.78 is 54.8. The number of carbonyl (C=O) groups is 1. The molecule has 2 atom stereocenters. The molecule has 5 aromatic rings. The molecule has 6 heterocycles. The van der Waals surface area contributed by atoms with Crippen LogP contribution in [0.3, 0.4) is 0 Å². The molecule has 0 saturated carbocycles. The van der Waals surface area contributed by atoms with Crippen LogP contribution in [0, 0.1) is 11.6 Å². The number of amides is 1. The zero-order valence-corrected chi connectivity index (χ0v) is 29.9. The third kappa shape index (κ3) is 5.67. The molecule has 1 amide bonds. The molecule has 3 aliphatic rings. The number of alkyl halides is 1. The van der Waals surface area contributed by atoms with Crippen LogP contribution in [-0.2, 0) is 19.5 Å². The number of anilines is 1. The van der Waals surface area contributed by atoms with Crippen molar-refractivity contribution in [2.45, 2.75) is 63.8 Å². The molecule has 2 aromatic carbocycles. The summed E-state index contributed by atoms with van der Waals surface area (Å²) in [6.45, 7) is 4.21. The minimum Gasteiger partial charge on any atom is -0.508 e. The number of aromatic hydroxyl groups is 1. The van der Waals surface area contributed by atoms with E-state index < -0.39 is 23.3 Å². The van der Waals surface area contributed by atoms with Gasteiger partial charge in [0.2, 0.25) is 0 Å². The number of aromatic nitrogens is 5. The summed E-state index contributed by atoms with van der Waals surface area (Å²) in [7, 11) is 3.26. The van der Waals surface area contributed by atoms with E-state index in [1.807, 2.05) is 4.90 Å². The second-order valence-corrected chi connectivity index (χ2v) is 14.5. The van der Waals surface area contributed by atoms with Crippen LogP contribution in [0.2, 0.25) is 5.02 Å². The van der Waals surface area contributed by atoms with E-state index in [1.54, 1.807) is 31.8 Å². The summed E-state index contributed by atoms with van der Waals surface area (Å²) in [6.07, 6.45) is 3.46. The zero-order valence-electron chi connectivity index (χ0n) is 29.1. The van der Waals surface area contributed by atoms with Crippen LogP contribution in [0.5, 0.6) is 11.8 Å². The van der Waals surface area contributed by atoms with E-state index in [-0.39, 0.29) is 58.3 Å². The molecule has 0 spiro atoms. The summed E-state index contributed by atoms with van der Waals surface area (Å²) in [6, 6.07) is 5.67. The predicted octanol–water partition coefficient (Wildman–Crippen LogP) is 6.31. The summed E-state index contributed by atoms with van der Waals surface area (Å²) >= 11 is 6.78. The molecule has 2 fully saturated rings. The van der Waals surface area contributed by atoms with E-state index in [4.69, 9.17) is 21.3 Å². The molecule has 15 heteroatoms. The number of phenols is 1. The van der Waals surface area contributed by atoms with Crippen LogP contribution in [-0.4, -0.2) is 97.6 Å². The number of hydrogen-bond donors (Lipinski definition) is 1. The Bertz CT molecular complexity index is 2250. The van der Waals surface area contributed by atoms with Crippen molar-refractivity contribution in [2.24, 2.45) is 0 Å². The first-order valence-electron chi connectivity index (χ1n) is 17.5. The molecule has 0 unspecified atom stereocenters. The van der Waals surface area contributed by atoms with E-state index in [9.17, 15) is 14.3 Å². The van der Waals surface area contributed by atoms with Gasteiger partial charge in [0, 0.05) is 51.9 Å². The molecule has 0 aliphatic carbocycles. The number of fused-ring (bicyclic) bond motifs is 4. The minimum atomic E-state index is -0.964. The van der Waals surface area contributed by atoms with Gasteiger partial charge in [0.15, 0.2) is 11.5 Å². The lowest BCUT2D eigenvalue weighted by Gasteiger charge is -2.31. The highest BCUT2D eigenvalue weighted by molar-refractivity contribution is 6.34. The number of carbonyl (C=O) groups excluding carboxylic acids is 1. The van der Waals surface area contributed by atoms with E-state index >= 15 is 8.78 Å². The highest BCUT2D eigenvalue weighted by Gasteiger charge is 2.49. The van der Waals surface area contributed by atoms with Gasteiger partial charge in [0.05, 0.1) is 28.2 Å². The Labute approximate surface area is 303 Å². The molecular weight excluding hydrogens is 697 g/mol. The third-order valence-electron chi connectivity index (χ3n) is 10.7. The second kappa shape index (κ2) is 13.1. The number of aryl methyl sites for hydroxylation is 2. The van der Waals surface area contributed by atoms with Gasteiger partial charge >= 0.3 is 6.01 Å². The van der Waals surface area contributed by atoms with E-state index in [1.165, 1.54) is 29.3 Å². The highest BCUT2D eigenvalue weighted by Crippen LogP contribution is 2.42. The van der Waals surface area contributed by atoms with Gasteiger partial charge in [-0.15, -0.1) is 0 Å². The normalized spacial score (nSPS) is 20.4. The van der Waals surface area contributed by atoms with Crippen LogP contribution >= 0.6 is 11.6 Å². The van der Waals surface area contributed by atoms with Gasteiger partial charge in [-0.25, -0.2) is 13.2 Å². The van der Waals surface area contributed by atoms with Crippen LogP contribution in [0.25, 0.3) is 32.9 Å². The Morgan fingerprint density at radius 3 is 2.77 bits per heavy atom. The largest absolute Gasteiger partial charge is 0.508 e. The lowest BCUT2D eigenvalue weighted by atomic mass is 9.94.